The highest BCUT2D eigenvalue weighted by Gasteiger charge is 2.18. The van der Waals surface area contributed by atoms with Crippen molar-refractivity contribution in [2.24, 2.45) is 0 Å². The average Bonchev–Trinajstić information content (AvgIpc) is 3.44. The lowest BCUT2D eigenvalue weighted by Crippen LogP contribution is -2.22. The van der Waals surface area contributed by atoms with Crippen molar-refractivity contribution < 1.29 is 0 Å². The molecule has 0 amide bonds. The Morgan fingerprint density at radius 3 is 2.68 bits per heavy atom. The molecule has 0 unspecified atom stereocenters. The van der Waals surface area contributed by atoms with Crippen LogP contribution in [0.3, 0.4) is 0 Å². The first kappa shape index (κ1) is 18.1. The number of hydrogen-bond acceptors (Lipinski definition) is 6. The van der Waals surface area contributed by atoms with Crippen molar-refractivity contribution in [1.29, 1.82) is 0 Å². The Kier molecular flexibility index (Phi) is 4.83. The lowest BCUT2D eigenvalue weighted by atomic mass is 10.2. The van der Waals surface area contributed by atoms with E-state index in [0.29, 0.717) is 12.3 Å². The number of thioether (sulfide) groups is 1. The van der Waals surface area contributed by atoms with Crippen LogP contribution in [-0.2, 0) is 12.3 Å². The zero-order valence-electron chi connectivity index (χ0n) is 14.4. The van der Waals surface area contributed by atoms with Gasteiger partial charge in [0.15, 0.2) is 5.16 Å². The fourth-order valence-corrected chi connectivity index (χ4v) is 5.70. The number of benzene rings is 1. The molecule has 1 aromatic carbocycles. The van der Waals surface area contributed by atoms with Gasteiger partial charge in [-0.05, 0) is 40.6 Å². The standard InChI is InChI=1S/C19H13BrN4OS3/c20-13-5-3-12(4-6-13)11-28-19-22-21-18-23(10-14-2-1-8-26-14)17(25)16-15(24(18)19)7-9-27-16/h1-9H,10-11H2. The lowest BCUT2D eigenvalue weighted by Gasteiger charge is -2.08. The van der Waals surface area contributed by atoms with Gasteiger partial charge in [-0.25, -0.2) is 0 Å². The van der Waals surface area contributed by atoms with Crippen molar-refractivity contribution >= 4 is 66.4 Å². The SMILES string of the molecule is O=c1c2sccc2n2c(SCc3ccc(Br)cc3)nnc2n1Cc1cccs1. The zero-order valence-corrected chi connectivity index (χ0v) is 18.4. The summed E-state index contributed by atoms with van der Waals surface area (Å²) in [7, 11) is 0. The van der Waals surface area contributed by atoms with Gasteiger partial charge in [-0.1, -0.05) is 45.9 Å². The zero-order chi connectivity index (χ0) is 19.1. The minimum atomic E-state index is -0.0113. The fourth-order valence-electron chi connectivity index (χ4n) is 3.02. The van der Waals surface area contributed by atoms with E-state index < -0.39 is 0 Å². The molecule has 0 spiro atoms. The van der Waals surface area contributed by atoms with Crippen LogP contribution in [0, 0.1) is 0 Å². The second-order valence-electron chi connectivity index (χ2n) is 6.14. The fraction of sp³-hybridized carbons (Fsp3) is 0.105. The molecule has 0 aliphatic carbocycles. The third-order valence-corrected chi connectivity index (χ3v) is 7.64. The van der Waals surface area contributed by atoms with E-state index >= 15 is 0 Å². The van der Waals surface area contributed by atoms with E-state index in [2.05, 4.69) is 38.3 Å². The molecule has 0 N–H and O–H groups in total. The summed E-state index contributed by atoms with van der Waals surface area (Å²) in [6.07, 6.45) is 0. The monoisotopic (exact) mass is 488 g/mol. The van der Waals surface area contributed by atoms with E-state index in [1.807, 2.05) is 45.5 Å². The summed E-state index contributed by atoms with van der Waals surface area (Å²) in [5, 5.41) is 13.5. The Morgan fingerprint density at radius 1 is 1.04 bits per heavy atom. The number of aromatic nitrogens is 4. The van der Waals surface area contributed by atoms with Gasteiger partial charge in [0.25, 0.3) is 5.56 Å². The second-order valence-corrected chi connectivity index (χ2v) is 9.95. The predicted molar refractivity (Wildman–Crippen MR) is 120 cm³/mol. The predicted octanol–water partition coefficient (Wildman–Crippen LogP) is 5.27. The average molecular weight is 489 g/mol. The lowest BCUT2D eigenvalue weighted by molar-refractivity contribution is 0.775. The Hall–Kier alpha value is -1.94. The van der Waals surface area contributed by atoms with Crippen LogP contribution in [0.15, 0.2) is 67.6 Å². The molecule has 4 aromatic heterocycles. The molecule has 4 heterocycles. The summed E-state index contributed by atoms with van der Waals surface area (Å²) < 4.78 is 5.52. The van der Waals surface area contributed by atoms with E-state index in [4.69, 9.17) is 0 Å². The van der Waals surface area contributed by atoms with E-state index in [-0.39, 0.29) is 5.56 Å². The van der Waals surface area contributed by atoms with Gasteiger partial charge in [-0.2, -0.15) is 0 Å². The van der Waals surface area contributed by atoms with Crippen molar-refractivity contribution in [3.05, 3.63) is 78.5 Å². The van der Waals surface area contributed by atoms with Crippen molar-refractivity contribution in [2.45, 2.75) is 17.5 Å². The smallest absolute Gasteiger partial charge is 0.270 e. The number of nitrogens with zero attached hydrogens (tertiary/aromatic N) is 4. The molecule has 0 saturated carbocycles. The number of hydrogen-bond donors (Lipinski definition) is 0. The number of thiophene rings is 2. The molecule has 140 valence electrons. The Balaban J connectivity index is 1.60. The van der Waals surface area contributed by atoms with Crippen molar-refractivity contribution in [3.63, 3.8) is 0 Å². The summed E-state index contributed by atoms with van der Waals surface area (Å²) in [4.78, 5) is 14.2. The maximum absolute atomic E-state index is 13.0. The summed E-state index contributed by atoms with van der Waals surface area (Å²) in [6, 6.07) is 14.2. The van der Waals surface area contributed by atoms with E-state index in [9.17, 15) is 4.79 Å². The normalized spacial score (nSPS) is 11.6. The van der Waals surface area contributed by atoms with Gasteiger partial charge in [0, 0.05) is 15.1 Å². The van der Waals surface area contributed by atoms with Crippen LogP contribution >= 0.6 is 50.4 Å². The summed E-state index contributed by atoms with van der Waals surface area (Å²) >= 11 is 8.19. The number of fused-ring (bicyclic) bond motifs is 3. The molecule has 5 aromatic rings. The highest BCUT2D eigenvalue weighted by molar-refractivity contribution is 9.10. The van der Waals surface area contributed by atoms with E-state index in [0.717, 1.165) is 30.5 Å². The minimum absolute atomic E-state index is 0.0113. The third-order valence-electron chi connectivity index (χ3n) is 4.36. The molecule has 0 fully saturated rings. The highest BCUT2D eigenvalue weighted by Crippen LogP contribution is 2.27. The first-order valence-electron chi connectivity index (χ1n) is 8.45. The summed E-state index contributed by atoms with van der Waals surface area (Å²) in [5.74, 6) is 1.37. The van der Waals surface area contributed by atoms with Crippen molar-refractivity contribution in [2.75, 3.05) is 0 Å². The van der Waals surface area contributed by atoms with Crippen LogP contribution in [0.2, 0.25) is 0 Å². The van der Waals surface area contributed by atoms with Crippen LogP contribution in [0.25, 0.3) is 16.0 Å². The van der Waals surface area contributed by atoms with Crippen molar-refractivity contribution in [1.82, 2.24) is 19.2 Å². The summed E-state index contributed by atoms with van der Waals surface area (Å²) in [6.45, 7) is 0.503. The van der Waals surface area contributed by atoms with Crippen LogP contribution in [0.1, 0.15) is 10.4 Å². The van der Waals surface area contributed by atoms with Crippen LogP contribution < -0.4 is 5.56 Å². The van der Waals surface area contributed by atoms with Crippen LogP contribution in [0.5, 0.6) is 0 Å². The molecule has 0 radical (unpaired) electrons. The molecular weight excluding hydrogens is 476 g/mol. The van der Waals surface area contributed by atoms with Gasteiger partial charge < -0.3 is 0 Å². The topological polar surface area (TPSA) is 52.2 Å². The third kappa shape index (κ3) is 3.22. The molecule has 0 saturated heterocycles. The molecule has 5 rings (SSSR count). The molecule has 0 aliphatic heterocycles. The van der Waals surface area contributed by atoms with Crippen LogP contribution in [0.4, 0.5) is 0 Å². The van der Waals surface area contributed by atoms with Gasteiger partial charge in [-0.15, -0.1) is 32.9 Å². The van der Waals surface area contributed by atoms with E-state index in [1.165, 1.54) is 16.9 Å². The number of rotatable bonds is 5. The Bertz CT molecular complexity index is 1320. The van der Waals surface area contributed by atoms with Crippen molar-refractivity contribution in [3.8, 4) is 0 Å². The molecular formula is C19H13BrN4OS3. The van der Waals surface area contributed by atoms with Crippen LogP contribution in [-0.4, -0.2) is 19.2 Å². The Morgan fingerprint density at radius 2 is 1.89 bits per heavy atom. The largest absolute Gasteiger partial charge is 0.273 e. The summed E-state index contributed by atoms with van der Waals surface area (Å²) in [5.41, 5.74) is 2.07. The maximum Gasteiger partial charge on any atom is 0.273 e. The molecule has 0 aliphatic rings. The minimum Gasteiger partial charge on any atom is -0.270 e. The molecule has 28 heavy (non-hydrogen) atoms. The first-order chi connectivity index (χ1) is 13.7. The maximum atomic E-state index is 13.0. The highest BCUT2D eigenvalue weighted by atomic mass is 79.9. The first-order valence-corrected chi connectivity index (χ1v) is 12.0. The molecule has 0 bridgehead atoms. The molecule has 0 atom stereocenters. The molecule has 5 nitrogen and oxygen atoms in total. The Labute approximate surface area is 180 Å². The van der Waals surface area contributed by atoms with E-state index in [1.54, 1.807) is 27.7 Å². The second kappa shape index (κ2) is 7.47. The van der Waals surface area contributed by atoms with Gasteiger partial charge >= 0.3 is 0 Å². The van der Waals surface area contributed by atoms with Gasteiger partial charge in [0.05, 0.1) is 12.1 Å². The van der Waals surface area contributed by atoms with Gasteiger partial charge in [0.2, 0.25) is 5.78 Å². The molecule has 9 heteroatoms. The van der Waals surface area contributed by atoms with Gasteiger partial charge in [0.1, 0.15) is 4.70 Å². The van der Waals surface area contributed by atoms with Gasteiger partial charge in [-0.3, -0.25) is 13.8 Å². The number of halogens is 1. The quantitative estimate of drug-likeness (QED) is 0.316.